The standard InChI is InChI=1S/C18H27N3/c1-15(12-19-17-8-9-17)13-21-11-10-20(2)14-18(21)16-6-4-3-5-7-16/h3-7,17-19H,1,8-14H2,2H3. The SMILES string of the molecule is C=C(CNC1CC1)CN1CCN(C)CC1c1ccccc1. The van der Waals surface area contributed by atoms with Crippen molar-refractivity contribution in [2.24, 2.45) is 0 Å². The number of piperazine rings is 1. The highest BCUT2D eigenvalue weighted by molar-refractivity contribution is 5.21. The van der Waals surface area contributed by atoms with Crippen molar-refractivity contribution >= 4 is 0 Å². The highest BCUT2D eigenvalue weighted by atomic mass is 15.3. The monoisotopic (exact) mass is 285 g/mol. The lowest BCUT2D eigenvalue weighted by atomic mass is 10.0. The number of hydrogen-bond acceptors (Lipinski definition) is 3. The van der Waals surface area contributed by atoms with Gasteiger partial charge in [-0.05, 0) is 31.0 Å². The molecule has 0 bridgehead atoms. The van der Waals surface area contributed by atoms with E-state index in [1.54, 1.807) is 0 Å². The van der Waals surface area contributed by atoms with Crippen molar-refractivity contribution in [3.63, 3.8) is 0 Å². The third-order valence-corrected chi connectivity index (χ3v) is 4.52. The summed E-state index contributed by atoms with van der Waals surface area (Å²) in [5, 5.41) is 3.57. The number of hydrogen-bond donors (Lipinski definition) is 1. The summed E-state index contributed by atoms with van der Waals surface area (Å²) in [6, 6.07) is 12.1. The normalized spacial score (nSPS) is 24.1. The second kappa shape index (κ2) is 6.73. The van der Waals surface area contributed by atoms with E-state index in [1.807, 2.05) is 0 Å². The molecule has 3 nitrogen and oxygen atoms in total. The van der Waals surface area contributed by atoms with E-state index in [4.69, 9.17) is 0 Å². The summed E-state index contributed by atoms with van der Waals surface area (Å²) in [4.78, 5) is 5.02. The van der Waals surface area contributed by atoms with Crippen LogP contribution in [0, 0.1) is 0 Å². The summed E-state index contributed by atoms with van der Waals surface area (Å²) in [7, 11) is 2.22. The van der Waals surface area contributed by atoms with Gasteiger partial charge < -0.3 is 10.2 Å². The lowest BCUT2D eigenvalue weighted by Gasteiger charge is -2.40. The van der Waals surface area contributed by atoms with Crippen LogP contribution in [0.5, 0.6) is 0 Å². The maximum Gasteiger partial charge on any atom is 0.0479 e. The van der Waals surface area contributed by atoms with Gasteiger partial charge in [-0.2, -0.15) is 0 Å². The van der Waals surface area contributed by atoms with Crippen LogP contribution in [0.1, 0.15) is 24.4 Å². The first-order chi connectivity index (χ1) is 10.2. The third-order valence-electron chi connectivity index (χ3n) is 4.52. The number of benzene rings is 1. The second-order valence-corrected chi connectivity index (χ2v) is 6.56. The van der Waals surface area contributed by atoms with E-state index >= 15 is 0 Å². The molecule has 0 spiro atoms. The number of likely N-dealkylation sites (N-methyl/N-ethyl adjacent to an activating group) is 1. The van der Waals surface area contributed by atoms with E-state index in [2.05, 4.69) is 59.1 Å². The van der Waals surface area contributed by atoms with Crippen molar-refractivity contribution in [2.45, 2.75) is 24.9 Å². The largest absolute Gasteiger partial charge is 0.310 e. The molecule has 1 atom stereocenters. The van der Waals surface area contributed by atoms with Crippen LogP contribution in [0.2, 0.25) is 0 Å². The van der Waals surface area contributed by atoms with Crippen LogP contribution in [0.25, 0.3) is 0 Å². The van der Waals surface area contributed by atoms with Gasteiger partial charge in [0.1, 0.15) is 0 Å². The van der Waals surface area contributed by atoms with Gasteiger partial charge in [0, 0.05) is 44.8 Å². The minimum absolute atomic E-state index is 0.489. The van der Waals surface area contributed by atoms with Gasteiger partial charge in [-0.3, -0.25) is 4.90 Å². The number of nitrogens with one attached hydrogen (secondary N) is 1. The van der Waals surface area contributed by atoms with Gasteiger partial charge in [0.25, 0.3) is 0 Å². The smallest absolute Gasteiger partial charge is 0.0479 e. The molecule has 1 unspecified atom stereocenters. The van der Waals surface area contributed by atoms with Crippen molar-refractivity contribution in [1.29, 1.82) is 0 Å². The van der Waals surface area contributed by atoms with Crippen molar-refractivity contribution in [3.8, 4) is 0 Å². The fraction of sp³-hybridized carbons (Fsp3) is 0.556. The topological polar surface area (TPSA) is 18.5 Å². The maximum absolute atomic E-state index is 4.28. The molecule has 0 aromatic heterocycles. The van der Waals surface area contributed by atoms with E-state index in [0.717, 1.165) is 38.8 Å². The molecule has 1 aromatic carbocycles. The van der Waals surface area contributed by atoms with Gasteiger partial charge >= 0.3 is 0 Å². The molecule has 1 saturated heterocycles. The Morgan fingerprint density at radius 1 is 1.24 bits per heavy atom. The predicted molar refractivity (Wildman–Crippen MR) is 88.4 cm³/mol. The van der Waals surface area contributed by atoms with Gasteiger partial charge in [-0.1, -0.05) is 36.9 Å². The molecular formula is C18H27N3. The second-order valence-electron chi connectivity index (χ2n) is 6.56. The van der Waals surface area contributed by atoms with Crippen LogP contribution < -0.4 is 5.32 Å². The highest BCUT2D eigenvalue weighted by Gasteiger charge is 2.27. The van der Waals surface area contributed by atoms with E-state index in [0.29, 0.717) is 6.04 Å². The Kier molecular flexibility index (Phi) is 4.73. The summed E-state index contributed by atoms with van der Waals surface area (Å²) < 4.78 is 0. The van der Waals surface area contributed by atoms with Crippen LogP contribution >= 0.6 is 0 Å². The van der Waals surface area contributed by atoms with E-state index < -0.39 is 0 Å². The first kappa shape index (κ1) is 14.8. The average molecular weight is 285 g/mol. The van der Waals surface area contributed by atoms with Gasteiger partial charge in [0.15, 0.2) is 0 Å². The molecule has 0 amide bonds. The molecule has 0 radical (unpaired) electrons. The van der Waals surface area contributed by atoms with Crippen LogP contribution in [0.15, 0.2) is 42.5 Å². The molecule has 21 heavy (non-hydrogen) atoms. The van der Waals surface area contributed by atoms with Crippen LogP contribution in [-0.2, 0) is 0 Å². The summed E-state index contributed by atoms with van der Waals surface area (Å²) >= 11 is 0. The molecule has 1 aromatic rings. The lowest BCUT2D eigenvalue weighted by molar-refractivity contribution is 0.0982. The van der Waals surface area contributed by atoms with Crippen molar-refractivity contribution in [3.05, 3.63) is 48.0 Å². The van der Waals surface area contributed by atoms with Crippen LogP contribution in [-0.4, -0.2) is 55.6 Å². The number of rotatable bonds is 6. The van der Waals surface area contributed by atoms with E-state index in [9.17, 15) is 0 Å². The fourth-order valence-corrected chi connectivity index (χ4v) is 3.06. The molecule has 114 valence electrons. The van der Waals surface area contributed by atoms with Crippen LogP contribution in [0.3, 0.4) is 0 Å². The molecule has 3 rings (SSSR count). The molecule has 2 fully saturated rings. The Balaban J connectivity index is 1.61. The van der Waals surface area contributed by atoms with E-state index in [1.165, 1.54) is 24.0 Å². The molecule has 1 saturated carbocycles. The summed E-state index contributed by atoms with van der Waals surface area (Å²) in [5.74, 6) is 0. The quantitative estimate of drug-likeness (QED) is 0.809. The van der Waals surface area contributed by atoms with Crippen molar-refractivity contribution in [1.82, 2.24) is 15.1 Å². The minimum Gasteiger partial charge on any atom is -0.310 e. The molecule has 1 N–H and O–H groups in total. The molecule has 1 heterocycles. The first-order valence-corrected chi connectivity index (χ1v) is 8.10. The molecule has 3 heteroatoms. The Labute approximate surface area is 128 Å². The fourth-order valence-electron chi connectivity index (χ4n) is 3.06. The Morgan fingerprint density at radius 2 is 2.00 bits per heavy atom. The summed E-state index contributed by atoms with van der Waals surface area (Å²) in [6.45, 7) is 9.63. The minimum atomic E-state index is 0.489. The van der Waals surface area contributed by atoms with Gasteiger partial charge in [0.2, 0.25) is 0 Å². The number of nitrogens with zero attached hydrogens (tertiary/aromatic N) is 2. The maximum atomic E-state index is 4.28. The van der Waals surface area contributed by atoms with Crippen LogP contribution in [0.4, 0.5) is 0 Å². The van der Waals surface area contributed by atoms with Gasteiger partial charge in [-0.25, -0.2) is 0 Å². The average Bonchev–Trinajstić information content (AvgIpc) is 3.32. The predicted octanol–water partition coefficient (Wildman–Crippen LogP) is 2.28. The van der Waals surface area contributed by atoms with Gasteiger partial charge in [-0.15, -0.1) is 0 Å². The van der Waals surface area contributed by atoms with Crippen molar-refractivity contribution in [2.75, 3.05) is 39.8 Å². The summed E-state index contributed by atoms with van der Waals surface area (Å²) in [6.07, 6.45) is 2.68. The lowest BCUT2D eigenvalue weighted by Crippen LogP contribution is -2.47. The summed E-state index contributed by atoms with van der Waals surface area (Å²) in [5.41, 5.74) is 2.74. The molecular weight excluding hydrogens is 258 g/mol. The zero-order valence-corrected chi connectivity index (χ0v) is 13.1. The zero-order chi connectivity index (χ0) is 14.7. The van der Waals surface area contributed by atoms with Crippen molar-refractivity contribution < 1.29 is 0 Å². The van der Waals surface area contributed by atoms with Gasteiger partial charge in [0.05, 0.1) is 0 Å². The third kappa shape index (κ3) is 4.16. The molecule has 1 aliphatic heterocycles. The Morgan fingerprint density at radius 3 is 2.71 bits per heavy atom. The zero-order valence-electron chi connectivity index (χ0n) is 13.1. The first-order valence-electron chi connectivity index (χ1n) is 8.10. The Bertz CT molecular complexity index is 467. The van der Waals surface area contributed by atoms with E-state index in [-0.39, 0.29) is 0 Å². The molecule has 1 aliphatic carbocycles. The molecule has 2 aliphatic rings. The highest BCUT2D eigenvalue weighted by Crippen LogP contribution is 2.25. The Hall–Kier alpha value is -1.16.